The van der Waals surface area contributed by atoms with Crippen LogP contribution in [0.3, 0.4) is 0 Å². The molecule has 1 unspecified atom stereocenters. The minimum atomic E-state index is -0.432. The Labute approximate surface area is 114 Å². The molecule has 2 rings (SSSR count). The van der Waals surface area contributed by atoms with Crippen LogP contribution in [0.15, 0.2) is 6.20 Å². The Morgan fingerprint density at radius 1 is 1.58 bits per heavy atom. The monoisotopic (exact) mass is 265 g/mol. The maximum atomic E-state index is 12.9. The highest BCUT2D eigenvalue weighted by molar-refractivity contribution is 6.04. The number of carbonyl (C=O) groups excluding carboxylic acids is 1. The molecule has 1 aliphatic heterocycles. The average molecular weight is 265 g/mol. The fourth-order valence-electron chi connectivity index (χ4n) is 2.82. The van der Waals surface area contributed by atoms with E-state index in [1.54, 1.807) is 18.0 Å². The summed E-state index contributed by atoms with van der Waals surface area (Å²) in [7, 11) is 1.59. The third kappa shape index (κ3) is 2.39. The maximum absolute atomic E-state index is 12.9. The van der Waals surface area contributed by atoms with Gasteiger partial charge >= 0.3 is 0 Å². The topological polar surface area (TPSA) is 56.2 Å². The van der Waals surface area contributed by atoms with E-state index in [-0.39, 0.29) is 5.78 Å². The molecular weight excluding hydrogens is 242 g/mol. The van der Waals surface area contributed by atoms with E-state index in [4.69, 9.17) is 4.74 Å². The zero-order valence-electron chi connectivity index (χ0n) is 12.0. The number of ether oxygens (including phenoxy) is 1. The first-order valence-corrected chi connectivity index (χ1v) is 7.08. The minimum Gasteiger partial charge on any atom is -0.493 e. The average Bonchev–Trinajstić information content (AvgIpc) is 3.05. The van der Waals surface area contributed by atoms with Gasteiger partial charge in [0.25, 0.3) is 0 Å². The van der Waals surface area contributed by atoms with Gasteiger partial charge in [-0.15, -0.1) is 0 Å². The summed E-state index contributed by atoms with van der Waals surface area (Å²) in [5, 5.41) is 7.66. The molecule has 1 aliphatic rings. The predicted octanol–water partition coefficient (Wildman–Crippen LogP) is 2.02. The molecule has 2 heterocycles. The smallest absolute Gasteiger partial charge is 0.204 e. The van der Waals surface area contributed by atoms with Gasteiger partial charge in [0.1, 0.15) is 5.69 Å². The molecule has 1 aromatic heterocycles. The van der Waals surface area contributed by atoms with Gasteiger partial charge in [-0.05, 0) is 32.2 Å². The lowest BCUT2D eigenvalue weighted by molar-refractivity contribution is 0.0848. The van der Waals surface area contributed by atoms with Crippen LogP contribution in [-0.2, 0) is 6.54 Å². The lowest BCUT2D eigenvalue weighted by atomic mass is 9.87. The number of aryl methyl sites for hydroxylation is 1. The molecule has 1 N–H and O–H groups in total. The van der Waals surface area contributed by atoms with Crippen LogP contribution in [-0.4, -0.2) is 34.8 Å². The Balaban J connectivity index is 2.39. The van der Waals surface area contributed by atoms with E-state index < -0.39 is 5.54 Å². The van der Waals surface area contributed by atoms with E-state index in [0.717, 1.165) is 38.8 Å². The Morgan fingerprint density at radius 3 is 2.89 bits per heavy atom. The molecule has 1 atom stereocenters. The lowest BCUT2D eigenvalue weighted by Crippen LogP contribution is -2.47. The quantitative estimate of drug-likeness (QED) is 0.799. The van der Waals surface area contributed by atoms with Crippen molar-refractivity contribution < 1.29 is 9.53 Å². The first-order chi connectivity index (χ1) is 9.18. The van der Waals surface area contributed by atoms with Crippen molar-refractivity contribution in [3.05, 3.63) is 11.9 Å². The summed E-state index contributed by atoms with van der Waals surface area (Å²) < 4.78 is 7.09. The summed E-state index contributed by atoms with van der Waals surface area (Å²) in [5.74, 6) is 0.704. The van der Waals surface area contributed by atoms with Gasteiger partial charge < -0.3 is 10.1 Å². The molecule has 5 nitrogen and oxygen atoms in total. The van der Waals surface area contributed by atoms with Crippen molar-refractivity contribution in [2.24, 2.45) is 0 Å². The van der Waals surface area contributed by atoms with E-state index in [2.05, 4.69) is 24.3 Å². The van der Waals surface area contributed by atoms with Crippen LogP contribution in [0.1, 0.15) is 50.0 Å². The third-order valence-corrected chi connectivity index (χ3v) is 3.96. The number of hydrogen-bond donors (Lipinski definition) is 1. The van der Waals surface area contributed by atoms with E-state index >= 15 is 0 Å². The number of Topliss-reactive ketones (excluding diaryl/α,β-unsaturated/α-hetero) is 1. The molecule has 0 saturated carbocycles. The van der Waals surface area contributed by atoms with Crippen LogP contribution in [0.2, 0.25) is 0 Å². The van der Waals surface area contributed by atoms with E-state index in [0.29, 0.717) is 11.4 Å². The molecule has 1 saturated heterocycles. The normalized spacial score (nSPS) is 22.7. The van der Waals surface area contributed by atoms with E-state index in [1.165, 1.54) is 0 Å². The fraction of sp³-hybridized carbons (Fsp3) is 0.714. The zero-order valence-corrected chi connectivity index (χ0v) is 12.0. The second-order valence-electron chi connectivity index (χ2n) is 5.08. The fourth-order valence-corrected chi connectivity index (χ4v) is 2.82. The minimum absolute atomic E-state index is 0.121. The highest BCUT2D eigenvalue weighted by atomic mass is 16.5. The molecule has 0 amide bonds. The van der Waals surface area contributed by atoms with Crippen molar-refractivity contribution in [1.29, 1.82) is 0 Å². The third-order valence-electron chi connectivity index (χ3n) is 3.96. The van der Waals surface area contributed by atoms with Crippen LogP contribution >= 0.6 is 0 Å². The van der Waals surface area contributed by atoms with Crippen molar-refractivity contribution >= 4 is 5.78 Å². The Kier molecular flexibility index (Phi) is 4.24. The first kappa shape index (κ1) is 14.1. The molecule has 5 heteroatoms. The Hall–Kier alpha value is -1.36. The van der Waals surface area contributed by atoms with Gasteiger partial charge in [0.2, 0.25) is 5.78 Å². The second kappa shape index (κ2) is 5.74. The van der Waals surface area contributed by atoms with Gasteiger partial charge in [-0.2, -0.15) is 5.10 Å². The first-order valence-electron chi connectivity index (χ1n) is 7.08. The SMILES string of the molecule is CCCn1ncc(OC)c1C(=O)C1(CC)CCCN1. The van der Waals surface area contributed by atoms with Gasteiger partial charge in [-0.1, -0.05) is 13.8 Å². The van der Waals surface area contributed by atoms with Crippen molar-refractivity contribution in [2.45, 2.75) is 51.6 Å². The molecule has 0 radical (unpaired) electrons. The maximum Gasteiger partial charge on any atom is 0.204 e. The molecule has 1 aromatic rings. The van der Waals surface area contributed by atoms with Crippen LogP contribution in [0.4, 0.5) is 0 Å². The lowest BCUT2D eigenvalue weighted by Gasteiger charge is -2.26. The van der Waals surface area contributed by atoms with Crippen molar-refractivity contribution in [2.75, 3.05) is 13.7 Å². The molecule has 0 bridgehead atoms. The summed E-state index contributed by atoms with van der Waals surface area (Å²) in [6, 6.07) is 0. The second-order valence-corrected chi connectivity index (χ2v) is 5.08. The number of rotatable bonds is 6. The van der Waals surface area contributed by atoms with E-state index in [1.807, 2.05) is 0 Å². The van der Waals surface area contributed by atoms with Crippen molar-refractivity contribution in [1.82, 2.24) is 15.1 Å². The van der Waals surface area contributed by atoms with Crippen molar-refractivity contribution in [3.63, 3.8) is 0 Å². The van der Waals surface area contributed by atoms with E-state index in [9.17, 15) is 4.79 Å². The van der Waals surface area contributed by atoms with Gasteiger partial charge in [0.15, 0.2) is 5.75 Å². The number of nitrogens with one attached hydrogen (secondary N) is 1. The number of hydrogen-bond acceptors (Lipinski definition) is 4. The van der Waals surface area contributed by atoms with Gasteiger partial charge in [-0.25, -0.2) is 0 Å². The number of methoxy groups -OCH3 is 1. The number of aromatic nitrogens is 2. The summed E-state index contributed by atoms with van der Waals surface area (Å²) in [6.07, 6.45) is 5.32. The zero-order chi connectivity index (χ0) is 13.9. The van der Waals surface area contributed by atoms with Crippen LogP contribution in [0.5, 0.6) is 5.75 Å². The highest BCUT2D eigenvalue weighted by Crippen LogP contribution is 2.31. The number of ketones is 1. The summed E-state index contributed by atoms with van der Waals surface area (Å²) in [6.45, 7) is 5.78. The highest BCUT2D eigenvalue weighted by Gasteiger charge is 2.42. The Morgan fingerprint density at radius 2 is 2.37 bits per heavy atom. The van der Waals surface area contributed by atoms with Crippen LogP contribution in [0.25, 0.3) is 0 Å². The largest absolute Gasteiger partial charge is 0.493 e. The summed E-state index contributed by atoms with van der Waals surface area (Å²) >= 11 is 0. The van der Waals surface area contributed by atoms with Gasteiger partial charge in [0, 0.05) is 6.54 Å². The molecule has 19 heavy (non-hydrogen) atoms. The Bertz CT molecular complexity index is 448. The molecule has 0 spiro atoms. The molecule has 0 aliphatic carbocycles. The summed E-state index contributed by atoms with van der Waals surface area (Å²) in [5.41, 5.74) is 0.180. The predicted molar refractivity (Wildman–Crippen MR) is 73.7 cm³/mol. The summed E-state index contributed by atoms with van der Waals surface area (Å²) in [4.78, 5) is 12.9. The molecule has 0 aromatic carbocycles. The number of carbonyl (C=O) groups is 1. The standard InChI is InChI=1S/C14H23N3O2/c1-4-9-17-12(11(19-3)10-16-17)13(18)14(5-2)7-6-8-15-14/h10,15H,4-9H2,1-3H3. The van der Waals surface area contributed by atoms with Gasteiger partial charge in [0.05, 0.1) is 18.8 Å². The van der Waals surface area contributed by atoms with Crippen molar-refractivity contribution in [3.8, 4) is 5.75 Å². The number of nitrogens with zero attached hydrogens (tertiary/aromatic N) is 2. The van der Waals surface area contributed by atoms with Crippen LogP contribution in [0, 0.1) is 0 Å². The molecule has 1 fully saturated rings. The molecule has 106 valence electrons. The van der Waals surface area contributed by atoms with Gasteiger partial charge in [-0.3, -0.25) is 9.48 Å². The molecular formula is C14H23N3O2. The van der Waals surface area contributed by atoms with Crippen LogP contribution < -0.4 is 10.1 Å².